The van der Waals surface area contributed by atoms with Gasteiger partial charge in [-0.3, -0.25) is 4.79 Å². The van der Waals surface area contributed by atoms with Gasteiger partial charge in [-0.1, -0.05) is 13.5 Å². The van der Waals surface area contributed by atoms with Crippen LogP contribution in [0.4, 0.5) is 0 Å². The molecule has 6 heteroatoms. The molecule has 6 nitrogen and oxygen atoms in total. The first-order valence-electron chi connectivity index (χ1n) is 6.84. The fourth-order valence-corrected chi connectivity index (χ4v) is 1.48. The van der Waals surface area contributed by atoms with Crippen LogP contribution in [-0.2, 0) is 19.1 Å². The Hall–Kier alpha value is -2.50. The summed E-state index contributed by atoms with van der Waals surface area (Å²) in [5.41, 5.74) is 0. The monoisotopic (exact) mass is 308 g/mol. The van der Waals surface area contributed by atoms with Crippen molar-refractivity contribution in [2.24, 2.45) is 0 Å². The van der Waals surface area contributed by atoms with Crippen molar-refractivity contribution >= 4 is 11.9 Å². The highest BCUT2D eigenvalue weighted by atomic mass is 16.6. The lowest BCUT2D eigenvalue weighted by Crippen LogP contribution is -2.30. The van der Waals surface area contributed by atoms with Gasteiger partial charge in [-0.2, -0.15) is 0 Å². The lowest BCUT2D eigenvalue weighted by molar-refractivity contribution is -0.158. The summed E-state index contributed by atoms with van der Waals surface area (Å²) < 4.78 is 20.6. The first-order chi connectivity index (χ1) is 10.6. The Morgan fingerprint density at radius 1 is 1.18 bits per heavy atom. The highest BCUT2D eigenvalue weighted by Crippen LogP contribution is 2.17. The summed E-state index contributed by atoms with van der Waals surface area (Å²) >= 11 is 0. The van der Waals surface area contributed by atoms with Crippen molar-refractivity contribution in [3.8, 4) is 11.5 Å². The average molecular weight is 308 g/mol. The number of esters is 2. The van der Waals surface area contributed by atoms with E-state index in [9.17, 15) is 9.59 Å². The predicted molar refractivity (Wildman–Crippen MR) is 79.8 cm³/mol. The van der Waals surface area contributed by atoms with Crippen LogP contribution >= 0.6 is 0 Å². The van der Waals surface area contributed by atoms with Crippen molar-refractivity contribution in [3.05, 3.63) is 36.9 Å². The first kappa shape index (κ1) is 17.6. The number of benzene rings is 1. The predicted octanol–water partition coefficient (Wildman–Crippen LogP) is 2.12. The van der Waals surface area contributed by atoms with E-state index >= 15 is 0 Å². The van der Waals surface area contributed by atoms with Crippen LogP contribution in [0.15, 0.2) is 36.9 Å². The molecule has 22 heavy (non-hydrogen) atoms. The first-order valence-corrected chi connectivity index (χ1v) is 6.84. The molecule has 0 N–H and O–H groups in total. The molecule has 1 aromatic rings. The van der Waals surface area contributed by atoms with Crippen molar-refractivity contribution in [2.45, 2.75) is 19.4 Å². The minimum absolute atomic E-state index is 0.0719. The molecule has 1 unspecified atom stereocenters. The molecule has 0 aromatic heterocycles. The summed E-state index contributed by atoms with van der Waals surface area (Å²) in [5, 5.41) is 0. The summed E-state index contributed by atoms with van der Waals surface area (Å²) in [7, 11) is 1.57. The zero-order valence-electron chi connectivity index (χ0n) is 12.7. The molecule has 0 fully saturated rings. The maximum absolute atomic E-state index is 11.4. The normalized spacial score (nSPS) is 11.2. The zero-order valence-corrected chi connectivity index (χ0v) is 12.7. The van der Waals surface area contributed by atoms with E-state index in [1.807, 2.05) is 0 Å². The molecule has 0 radical (unpaired) electrons. The van der Waals surface area contributed by atoms with Gasteiger partial charge in [0, 0.05) is 12.5 Å². The number of carbonyl (C=O) groups is 2. The van der Waals surface area contributed by atoms with Crippen LogP contribution < -0.4 is 9.47 Å². The van der Waals surface area contributed by atoms with Gasteiger partial charge in [0.15, 0.2) is 6.10 Å². The Morgan fingerprint density at radius 2 is 1.82 bits per heavy atom. The van der Waals surface area contributed by atoms with Crippen LogP contribution in [0.25, 0.3) is 0 Å². The number of hydrogen-bond donors (Lipinski definition) is 0. The number of hydrogen-bond acceptors (Lipinski definition) is 6. The van der Waals surface area contributed by atoms with Gasteiger partial charge in [0.05, 0.1) is 7.11 Å². The fraction of sp³-hybridized carbons (Fsp3) is 0.375. The van der Waals surface area contributed by atoms with E-state index in [0.29, 0.717) is 11.5 Å². The molecular formula is C16H20O6. The largest absolute Gasteiger partial charge is 0.497 e. The van der Waals surface area contributed by atoms with Crippen LogP contribution in [0.3, 0.4) is 0 Å². The van der Waals surface area contributed by atoms with Crippen LogP contribution in [0.5, 0.6) is 11.5 Å². The lowest BCUT2D eigenvalue weighted by Gasteiger charge is -2.18. The Bertz CT molecular complexity index is 494. The molecule has 1 aromatic carbocycles. The molecular weight excluding hydrogens is 288 g/mol. The van der Waals surface area contributed by atoms with Gasteiger partial charge < -0.3 is 18.9 Å². The second kappa shape index (κ2) is 9.44. The fourth-order valence-electron chi connectivity index (χ4n) is 1.48. The highest BCUT2D eigenvalue weighted by Gasteiger charge is 2.16. The summed E-state index contributed by atoms with van der Waals surface area (Å²) in [6.07, 6.45) is 0.593. The molecule has 0 bridgehead atoms. The van der Waals surface area contributed by atoms with Crippen molar-refractivity contribution < 1.29 is 28.5 Å². The second-order valence-electron chi connectivity index (χ2n) is 4.29. The molecule has 0 aliphatic carbocycles. The second-order valence-corrected chi connectivity index (χ2v) is 4.29. The van der Waals surface area contributed by atoms with E-state index in [-0.39, 0.29) is 19.6 Å². The summed E-state index contributed by atoms with van der Waals surface area (Å²) in [5.74, 6) is 0.328. The molecule has 0 saturated carbocycles. The summed E-state index contributed by atoms with van der Waals surface area (Å²) in [4.78, 5) is 22.5. The highest BCUT2D eigenvalue weighted by molar-refractivity contribution is 5.81. The Balaban J connectivity index is 2.55. The maximum atomic E-state index is 11.4. The third kappa shape index (κ3) is 6.30. The Morgan fingerprint density at radius 3 is 2.36 bits per heavy atom. The Kier molecular flexibility index (Phi) is 7.53. The molecule has 0 aliphatic heterocycles. The van der Waals surface area contributed by atoms with E-state index in [2.05, 4.69) is 6.58 Å². The molecule has 1 rings (SSSR count). The van der Waals surface area contributed by atoms with E-state index in [1.54, 1.807) is 38.3 Å². The van der Waals surface area contributed by atoms with Gasteiger partial charge in [-0.05, 0) is 24.3 Å². The van der Waals surface area contributed by atoms with Gasteiger partial charge in [0.1, 0.15) is 24.7 Å². The molecule has 1 atom stereocenters. The number of ether oxygens (including phenoxy) is 4. The lowest BCUT2D eigenvalue weighted by atomic mass is 10.3. The van der Waals surface area contributed by atoms with Crippen LogP contribution in [0, 0.1) is 0 Å². The van der Waals surface area contributed by atoms with E-state index in [1.165, 1.54) is 0 Å². The molecule has 120 valence electrons. The van der Waals surface area contributed by atoms with Gasteiger partial charge in [-0.15, -0.1) is 0 Å². The maximum Gasteiger partial charge on any atom is 0.330 e. The summed E-state index contributed by atoms with van der Waals surface area (Å²) in [6, 6.07) is 6.96. The number of methoxy groups -OCH3 is 1. The minimum Gasteiger partial charge on any atom is -0.497 e. The molecule has 0 amide bonds. The summed E-state index contributed by atoms with van der Waals surface area (Å²) in [6.45, 7) is 4.96. The quantitative estimate of drug-likeness (QED) is 0.514. The van der Waals surface area contributed by atoms with Crippen molar-refractivity contribution in [1.82, 2.24) is 0 Å². The van der Waals surface area contributed by atoms with Gasteiger partial charge in [0.25, 0.3) is 0 Å². The molecule has 0 heterocycles. The smallest absolute Gasteiger partial charge is 0.330 e. The topological polar surface area (TPSA) is 71.1 Å². The minimum atomic E-state index is -0.682. The third-order valence-corrected chi connectivity index (χ3v) is 2.66. The van der Waals surface area contributed by atoms with Crippen molar-refractivity contribution in [3.63, 3.8) is 0 Å². The average Bonchev–Trinajstić information content (AvgIpc) is 2.57. The number of carbonyl (C=O) groups excluding carboxylic acids is 2. The van der Waals surface area contributed by atoms with Gasteiger partial charge in [0.2, 0.25) is 0 Å². The third-order valence-electron chi connectivity index (χ3n) is 2.66. The van der Waals surface area contributed by atoms with Crippen molar-refractivity contribution in [2.75, 3.05) is 20.3 Å². The van der Waals surface area contributed by atoms with Crippen LogP contribution in [-0.4, -0.2) is 38.4 Å². The molecule has 0 spiro atoms. The van der Waals surface area contributed by atoms with Gasteiger partial charge in [-0.25, -0.2) is 4.79 Å². The van der Waals surface area contributed by atoms with Crippen molar-refractivity contribution in [1.29, 1.82) is 0 Å². The van der Waals surface area contributed by atoms with Crippen LogP contribution in [0.2, 0.25) is 0 Å². The van der Waals surface area contributed by atoms with E-state index in [0.717, 1.165) is 6.08 Å². The zero-order chi connectivity index (χ0) is 16.4. The SMILES string of the molecule is C=CC(=O)OCC(COc1ccc(OC)cc1)OC(=O)CC. The van der Waals surface area contributed by atoms with Gasteiger partial charge >= 0.3 is 11.9 Å². The molecule has 0 saturated heterocycles. The van der Waals surface area contributed by atoms with E-state index < -0.39 is 18.0 Å². The van der Waals surface area contributed by atoms with Crippen LogP contribution in [0.1, 0.15) is 13.3 Å². The Labute approximate surface area is 129 Å². The number of rotatable bonds is 9. The van der Waals surface area contributed by atoms with E-state index in [4.69, 9.17) is 18.9 Å². The standard InChI is InChI=1S/C16H20O6/c1-4-15(17)21-11-14(22-16(18)5-2)10-20-13-8-6-12(19-3)7-9-13/h4,6-9,14H,1,5,10-11H2,2-3H3. The molecule has 0 aliphatic rings.